The predicted molar refractivity (Wildman–Crippen MR) is 58.6 cm³/mol. The Morgan fingerprint density at radius 3 is 2.24 bits per heavy atom. The minimum atomic E-state index is -5.28. The topological polar surface area (TPSA) is 34.1 Å². The first kappa shape index (κ1) is 13.5. The number of alkyl halides is 3. The van der Waals surface area contributed by atoms with Crippen LogP contribution in [0.2, 0.25) is 0 Å². The Morgan fingerprint density at radius 1 is 1.24 bits per heavy atom. The summed E-state index contributed by atoms with van der Waals surface area (Å²) in [6.45, 7) is 1.48. The van der Waals surface area contributed by atoms with Crippen LogP contribution in [0.5, 0.6) is 0 Å². The lowest BCUT2D eigenvalue weighted by atomic mass is 10.1. The molecule has 0 aliphatic heterocycles. The normalized spacial score (nSPS) is 11.8. The summed E-state index contributed by atoms with van der Waals surface area (Å²) >= 11 is 0. The van der Waals surface area contributed by atoms with E-state index in [2.05, 4.69) is 5.73 Å². The van der Waals surface area contributed by atoms with Gasteiger partial charge in [-0.15, -0.1) is 5.73 Å². The first-order chi connectivity index (χ1) is 7.74. The second-order valence-corrected chi connectivity index (χ2v) is 5.03. The summed E-state index contributed by atoms with van der Waals surface area (Å²) in [5.41, 5.74) is -2.22. The van der Waals surface area contributed by atoms with Crippen molar-refractivity contribution in [1.82, 2.24) is 0 Å². The zero-order chi connectivity index (χ0) is 13.1. The smallest absolute Gasteiger partial charge is 0.214 e. The highest BCUT2D eigenvalue weighted by Gasteiger charge is 2.43. The third-order valence-electron chi connectivity index (χ3n) is 1.96. The molecule has 0 spiro atoms. The van der Waals surface area contributed by atoms with Gasteiger partial charge in [0.2, 0.25) is 0 Å². The van der Waals surface area contributed by atoms with Crippen LogP contribution in [0.4, 0.5) is 13.2 Å². The van der Waals surface area contributed by atoms with E-state index in [-0.39, 0.29) is 5.41 Å². The zero-order valence-electron chi connectivity index (χ0n) is 8.82. The van der Waals surface area contributed by atoms with Gasteiger partial charge in [-0.3, -0.25) is 0 Å². The second-order valence-electron chi connectivity index (χ2n) is 3.24. The van der Waals surface area contributed by atoms with Crippen LogP contribution in [0.25, 0.3) is 5.57 Å². The van der Waals surface area contributed by atoms with E-state index >= 15 is 0 Å². The van der Waals surface area contributed by atoms with Crippen LogP contribution in [0, 0.1) is 0 Å². The zero-order valence-corrected chi connectivity index (χ0v) is 9.64. The van der Waals surface area contributed by atoms with E-state index in [1.54, 1.807) is 30.3 Å². The average molecular weight is 262 g/mol. The molecule has 0 amide bonds. The summed E-state index contributed by atoms with van der Waals surface area (Å²) in [6, 6.07) is 8.43. The molecule has 0 heterocycles. The first-order valence-electron chi connectivity index (χ1n) is 4.54. The van der Waals surface area contributed by atoms with Gasteiger partial charge in [0.1, 0.15) is 0 Å². The van der Waals surface area contributed by atoms with E-state index in [0.717, 1.165) is 0 Å². The molecule has 0 aromatic heterocycles. The van der Waals surface area contributed by atoms with Gasteiger partial charge in [-0.2, -0.15) is 13.2 Å². The van der Waals surface area contributed by atoms with Gasteiger partial charge in [0.25, 0.3) is 9.84 Å². The fourth-order valence-corrected chi connectivity index (χ4v) is 1.47. The Bertz CT molecular complexity index is 550. The van der Waals surface area contributed by atoms with E-state index in [1.807, 2.05) is 0 Å². The summed E-state index contributed by atoms with van der Waals surface area (Å²) < 4.78 is 57.5. The predicted octanol–water partition coefficient (Wildman–Crippen LogP) is 3.14. The molecule has 6 heteroatoms. The molecule has 0 bridgehead atoms. The largest absolute Gasteiger partial charge is 0.501 e. The third kappa shape index (κ3) is 3.47. The molecule has 0 aliphatic rings. The van der Waals surface area contributed by atoms with Gasteiger partial charge < -0.3 is 0 Å². The number of sulfone groups is 1. The van der Waals surface area contributed by atoms with Crippen LogP contribution >= 0.6 is 0 Å². The lowest BCUT2D eigenvalue weighted by molar-refractivity contribution is -0.0423. The van der Waals surface area contributed by atoms with Crippen LogP contribution in [0.1, 0.15) is 12.5 Å². The molecule has 1 aromatic rings. The molecular weight excluding hydrogens is 253 g/mol. The van der Waals surface area contributed by atoms with Gasteiger partial charge in [0.05, 0.1) is 5.41 Å². The fraction of sp³-hybridized carbons (Fsp3) is 0.182. The van der Waals surface area contributed by atoms with Crippen molar-refractivity contribution in [2.24, 2.45) is 0 Å². The van der Waals surface area contributed by atoms with Gasteiger partial charge in [0.15, 0.2) is 0 Å². The van der Waals surface area contributed by atoms with Crippen molar-refractivity contribution in [3.8, 4) is 0 Å². The second kappa shape index (κ2) is 4.77. The van der Waals surface area contributed by atoms with E-state index in [0.29, 0.717) is 11.1 Å². The highest BCUT2D eigenvalue weighted by atomic mass is 32.2. The number of hydrogen-bond donors (Lipinski definition) is 0. The fourth-order valence-electron chi connectivity index (χ4n) is 1.00. The van der Waals surface area contributed by atoms with Crippen LogP contribution in [0.15, 0.2) is 41.5 Å². The van der Waals surface area contributed by atoms with Gasteiger partial charge in [-0.05, 0) is 18.1 Å². The minimum absolute atomic E-state index is 0.0509. The van der Waals surface area contributed by atoms with Crippen molar-refractivity contribution in [3.63, 3.8) is 0 Å². The van der Waals surface area contributed by atoms with Gasteiger partial charge in [0, 0.05) is 0 Å². The SMILES string of the molecule is CC(=C=CS(=O)(=O)C(F)(F)F)c1ccccc1. The standard InChI is InChI=1S/C11H9F3O2S/c1-9(10-5-3-2-4-6-10)7-8-17(15,16)11(12,13)14/h2-6,8H,1H3. The van der Waals surface area contributed by atoms with Crippen molar-refractivity contribution in [1.29, 1.82) is 0 Å². The number of rotatable bonds is 2. The molecule has 0 fully saturated rings. The van der Waals surface area contributed by atoms with Crippen molar-refractivity contribution in [3.05, 3.63) is 47.0 Å². The maximum Gasteiger partial charge on any atom is 0.501 e. The lowest BCUT2D eigenvalue weighted by Crippen LogP contribution is -2.20. The van der Waals surface area contributed by atoms with Crippen molar-refractivity contribution in [2.45, 2.75) is 12.4 Å². The average Bonchev–Trinajstić information content (AvgIpc) is 2.25. The van der Waals surface area contributed by atoms with E-state index in [4.69, 9.17) is 0 Å². The maximum absolute atomic E-state index is 12.0. The monoisotopic (exact) mass is 262 g/mol. The van der Waals surface area contributed by atoms with Crippen molar-refractivity contribution < 1.29 is 21.6 Å². The van der Waals surface area contributed by atoms with Crippen LogP contribution < -0.4 is 0 Å². The van der Waals surface area contributed by atoms with Gasteiger partial charge >= 0.3 is 5.51 Å². The number of halogens is 3. The van der Waals surface area contributed by atoms with Crippen LogP contribution in [-0.4, -0.2) is 13.9 Å². The Morgan fingerprint density at radius 2 is 1.76 bits per heavy atom. The lowest BCUT2D eigenvalue weighted by Gasteiger charge is -2.01. The Balaban J connectivity index is 3.14. The van der Waals surface area contributed by atoms with Crippen LogP contribution in [-0.2, 0) is 9.84 Å². The molecule has 0 atom stereocenters. The molecule has 0 saturated heterocycles. The van der Waals surface area contributed by atoms with Crippen molar-refractivity contribution >= 4 is 15.4 Å². The molecule has 2 nitrogen and oxygen atoms in total. The minimum Gasteiger partial charge on any atom is -0.214 e. The Kier molecular flexibility index (Phi) is 3.80. The summed E-state index contributed by atoms with van der Waals surface area (Å²) in [7, 11) is -5.26. The van der Waals surface area contributed by atoms with Gasteiger partial charge in [-0.1, -0.05) is 30.3 Å². The molecule has 1 aromatic carbocycles. The molecule has 1 rings (SSSR count). The van der Waals surface area contributed by atoms with E-state index in [9.17, 15) is 21.6 Å². The number of benzene rings is 1. The number of hydrogen-bond acceptors (Lipinski definition) is 2. The molecule has 0 unspecified atom stereocenters. The highest BCUT2D eigenvalue weighted by Crippen LogP contribution is 2.24. The van der Waals surface area contributed by atoms with E-state index < -0.39 is 15.3 Å². The third-order valence-corrected chi connectivity index (χ3v) is 3.03. The summed E-state index contributed by atoms with van der Waals surface area (Å²) in [6.07, 6.45) is 0. The molecule has 92 valence electrons. The Hall–Kier alpha value is -1.52. The Labute approximate surface area is 97.0 Å². The number of allylic oxidation sites excluding steroid dienone is 1. The molecule has 0 radical (unpaired) electrons. The summed E-state index contributed by atoms with van der Waals surface area (Å²) in [5.74, 6) is 0. The van der Waals surface area contributed by atoms with Crippen LogP contribution in [0.3, 0.4) is 0 Å². The molecule has 0 saturated carbocycles. The molecule has 17 heavy (non-hydrogen) atoms. The summed E-state index contributed by atoms with van der Waals surface area (Å²) in [5, 5.41) is 0.0509. The summed E-state index contributed by atoms with van der Waals surface area (Å²) in [4.78, 5) is 0. The molecule has 0 aliphatic carbocycles. The van der Waals surface area contributed by atoms with Crippen molar-refractivity contribution in [2.75, 3.05) is 0 Å². The molecular formula is C11H9F3O2S. The van der Waals surface area contributed by atoms with Gasteiger partial charge in [-0.25, -0.2) is 8.42 Å². The quantitative estimate of drug-likeness (QED) is 0.767. The maximum atomic E-state index is 12.0. The molecule has 0 N–H and O–H groups in total. The highest BCUT2D eigenvalue weighted by molar-refractivity contribution is 7.95. The van der Waals surface area contributed by atoms with E-state index in [1.165, 1.54) is 6.92 Å². The first-order valence-corrected chi connectivity index (χ1v) is 6.09.